The van der Waals surface area contributed by atoms with Gasteiger partial charge in [-0.2, -0.15) is 0 Å². The Balaban J connectivity index is 0.00000144. The molecule has 1 aromatic rings. The molecule has 0 radical (unpaired) electrons. The lowest BCUT2D eigenvalue weighted by atomic mass is 10.2. The second-order valence-electron chi connectivity index (χ2n) is 4.07. The van der Waals surface area contributed by atoms with Gasteiger partial charge in [0, 0.05) is 31.5 Å². The van der Waals surface area contributed by atoms with E-state index in [1.165, 1.54) is 6.42 Å². The van der Waals surface area contributed by atoms with Crippen LogP contribution in [0.3, 0.4) is 0 Å². The first-order chi connectivity index (χ1) is 7.81. The highest BCUT2D eigenvalue weighted by Crippen LogP contribution is 2.17. The van der Waals surface area contributed by atoms with Crippen LogP contribution in [0.15, 0.2) is 17.4 Å². The van der Waals surface area contributed by atoms with Crippen LogP contribution in [0.5, 0.6) is 0 Å². The highest BCUT2D eigenvalue weighted by molar-refractivity contribution is 7.98. The van der Waals surface area contributed by atoms with Gasteiger partial charge in [-0.3, -0.25) is 9.88 Å². The SMILES string of the molecule is CSc1nccnc1CN(C)C1CCNC1.Cl. The molecule has 0 aromatic carbocycles. The summed E-state index contributed by atoms with van der Waals surface area (Å²) in [6.07, 6.45) is 6.80. The number of aromatic nitrogens is 2. The van der Waals surface area contributed by atoms with Crippen LogP contribution in [0.25, 0.3) is 0 Å². The zero-order chi connectivity index (χ0) is 11.4. The average Bonchev–Trinajstić information content (AvgIpc) is 2.83. The molecule has 1 aliphatic heterocycles. The van der Waals surface area contributed by atoms with E-state index in [9.17, 15) is 0 Å². The monoisotopic (exact) mass is 274 g/mol. The summed E-state index contributed by atoms with van der Waals surface area (Å²) in [5.41, 5.74) is 1.09. The molecule has 1 N–H and O–H groups in total. The van der Waals surface area contributed by atoms with Gasteiger partial charge < -0.3 is 5.32 Å². The van der Waals surface area contributed by atoms with Gasteiger partial charge >= 0.3 is 0 Å². The van der Waals surface area contributed by atoms with E-state index < -0.39 is 0 Å². The molecule has 1 aromatic heterocycles. The number of hydrogen-bond acceptors (Lipinski definition) is 5. The maximum absolute atomic E-state index is 4.42. The van der Waals surface area contributed by atoms with E-state index >= 15 is 0 Å². The van der Waals surface area contributed by atoms with Crippen LogP contribution >= 0.6 is 24.2 Å². The summed E-state index contributed by atoms with van der Waals surface area (Å²) in [5.74, 6) is 0. The van der Waals surface area contributed by atoms with Crippen molar-refractivity contribution in [3.05, 3.63) is 18.1 Å². The van der Waals surface area contributed by atoms with Crippen molar-refractivity contribution in [3.8, 4) is 0 Å². The van der Waals surface area contributed by atoms with Crippen LogP contribution in [-0.4, -0.2) is 47.3 Å². The molecular formula is C11H19ClN4S. The Bertz CT molecular complexity index is 344. The van der Waals surface area contributed by atoms with Crippen LogP contribution in [-0.2, 0) is 6.54 Å². The summed E-state index contributed by atoms with van der Waals surface area (Å²) in [5, 5.41) is 4.43. The largest absolute Gasteiger partial charge is 0.315 e. The summed E-state index contributed by atoms with van der Waals surface area (Å²) >= 11 is 1.66. The van der Waals surface area contributed by atoms with Crippen LogP contribution in [0.4, 0.5) is 0 Å². The smallest absolute Gasteiger partial charge is 0.119 e. The van der Waals surface area contributed by atoms with Crippen molar-refractivity contribution < 1.29 is 0 Å². The van der Waals surface area contributed by atoms with Crippen LogP contribution in [0.2, 0.25) is 0 Å². The Morgan fingerprint density at radius 2 is 2.24 bits per heavy atom. The first kappa shape index (κ1) is 14.7. The van der Waals surface area contributed by atoms with Crippen molar-refractivity contribution in [3.63, 3.8) is 0 Å². The fraction of sp³-hybridized carbons (Fsp3) is 0.636. The van der Waals surface area contributed by atoms with E-state index in [1.807, 2.05) is 6.26 Å². The first-order valence-corrected chi connectivity index (χ1v) is 6.78. The minimum absolute atomic E-state index is 0. The highest BCUT2D eigenvalue weighted by Gasteiger charge is 2.20. The van der Waals surface area contributed by atoms with Crippen molar-refractivity contribution in [2.75, 3.05) is 26.4 Å². The van der Waals surface area contributed by atoms with Gasteiger partial charge in [-0.25, -0.2) is 4.98 Å². The third-order valence-corrected chi connectivity index (χ3v) is 3.71. The zero-order valence-electron chi connectivity index (χ0n) is 10.2. The number of thioether (sulfide) groups is 1. The molecule has 0 amide bonds. The van der Waals surface area contributed by atoms with Crippen molar-refractivity contribution >= 4 is 24.2 Å². The minimum atomic E-state index is 0. The second kappa shape index (κ2) is 7.16. The van der Waals surface area contributed by atoms with Gasteiger partial charge in [-0.15, -0.1) is 24.2 Å². The molecule has 96 valence electrons. The third-order valence-electron chi connectivity index (χ3n) is 2.99. The molecule has 0 spiro atoms. The van der Waals surface area contributed by atoms with Gasteiger partial charge in [0.1, 0.15) is 5.03 Å². The molecule has 0 saturated carbocycles. The maximum atomic E-state index is 4.42. The molecule has 17 heavy (non-hydrogen) atoms. The number of nitrogens with one attached hydrogen (secondary N) is 1. The summed E-state index contributed by atoms with van der Waals surface area (Å²) in [6.45, 7) is 3.10. The lowest BCUT2D eigenvalue weighted by Crippen LogP contribution is -2.33. The number of halogens is 1. The molecule has 1 atom stereocenters. The topological polar surface area (TPSA) is 41.1 Å². The fourth-order valence-electron chi connectivity index (χ4n) is 2.01. The van der Waals surface area contributed by atoms with E-state index in [4.69, 9.17) is 0 Å². The van der Waals surface area contributed by atoms with E-state index in [0.717, 1.165) is 30.4 Å². The first-order valence-electron chi connectivity index (χ1n) is 5.56. The Morgan fingerprint density at radius 3 is 2.88 bits per heavy atom. The Hall–Kier alpha value is -0.360. The quantitative estimate of drug-likeness (QED) is 0.841. The average molecular weight is 275 g/mol. The van der Waals surface area contributed by atoms with Gasteiger partial charge in [0.05, 0.1) is 5.69 Å². The molecule has 1 unspecified atom stereocenters. The van der Waals surface area contributed by atoms with Crippen molar-refractivity contribution in [1.82, 2.24) is 20.2 Å². The predicted molar refractivity (Wildman–Crippen MR) is 73.8 cm³/mol. The number of nitrogens with zero attached hydrogens (tertiary/aromatic N) is 3. The van der Waals surface area contributed by atoms with Gasteiger partial charge in [-0.1, -0.05) is 0 Å². The summed E-state index contributed by atoms with van der Waals surface area (Å²) < 4.78 is 0. The molecular weight excluding hydrogens is 256 g/mol. The Kier molecular flexibility index (Phi) is 6.19. The lowest BCUT2D eigenvalue weighted by Gasteiger charge is -2.23. The third kappa shape index (κ3) is 3.81. The fourth-order valence-corrected chi connectivity index (χ4v) is 2.53. The number of likely N-dealkylation sites (N-methyl/N-ethyl adjacent to an activating group) is 1. The molecule has 1 saturated heterocycles. The standard InChI is InChI=1S/C11H18N4S.ClH/c1-15(9-3-4-12-7-9)8-10-11(16-2)14-6-5-13-10;/h5-6,9,12H,3-4,7-8H2,1-2H3;1H. The number of hydrogen-bond donors (Lipinski definition) is 1. The predicted octanol–water partition coefficient (Wildman–Crippen LogP) is 1.41. The van der Waals surface area contributed by atoms with Crippen molar-refractivity contribution in [1.29, 1.82) is 0 Å². The van der Waals surface area contributed by atoms with E-state index in [2.05, 4.69) is 27.2 Å². The summed E-state index contributed by atoms with van der Waals surface area (Å²) in [4.78, 5) is 11.1. The second-order valence-corrected chi connectivity index (χ2v) is 4.87. The number of rotatable bonds is 4. The van der Waals surface area contributed by atoms with Crippen LogP contribution < -0.4 is 5.32 Å². The minimum Gasteiger partial charge on any atom is -0.315 e. The molecule has 4 nitrogen and oxygen atoms in total. The van der Waals surface area contributed by atoms with E-state index in [0.29, 0.717) is 6.04 Å². The van der Waals surface area contributed by atoms with E-state index in [-0.39, 0.29) is 12.4 Å². The molecule has 2 rings (SSSR count). The Morgan fingerprint density at radius 1 is 1.47 bits per heavy atom. The Labute approximate surface area is 113 Å². The zero-order valence-corrected chi connectivity index (χ0v) is 11.9. The normalized spacial score (nSPS) is 19.4. The molecule has 0 bridgehead atoms. The van der Waals surface area contributed by atoms with Crippen molar-refractivity contribution in [2.45, 2.75) is 24.0 Å². The van der Waals surface area contributed by atoms with Crippen LogP contribution in [0, 0.1) is 0 Å². The molecule has 1 aliphatic rings. The van der Waals surface area contributed by atoms with E-state index in [1.54, 1.807) is 24.2 Å². The highest BCUT2D eigenvalue weighted by atomic mass is 35.5. The molecule has 1 fully saturated rings. The van der Waals surface area contributed by atoms with Gasteiger partial charge in [0.15, 0.2) is 0 Å². The van der Waals surface area contributed by atoms with Crippen molar-refractivity contribution in [2.24, 2.45) is 0 Å². The molecule has 2 heterocycles. The summed E-state index contributed by atoms with van der Waals surface area (Å²) in [6, 6.07) is 0.636. The van der Waals surface area contributed by atoms with Gasteiger partial charge in [0.2, 0.25) is 0 Å². The molecule has 0 aliphatic carbocycles. The lowest BCUT2D eigenvalue weighted by molar-refractivity contribution is 0.243. The van der Waals surface area contributed by atoms with Crippen LogP contribution in [0.1, 0.15) is 12.1 Å². The summed E-state index contributed by atoms with van der Waals surface area (Å²) in [7, 11) is 2.16. The van der Waals surface area contributed by atoms with Gasteiger partial charge in [0.25, 0.3) is 0 Å². The molecule has 6 heteroatoms. The van der Waals surface area contributed by atoms with Gasteiger partial charge in [-0.05, 0) is 26.3 Å². The maximum Gasteiger partial charge on any atom is 0.119 e.